The highest BCUT2D eigenvalue weighted by atomic mass is 15.1. The molecule has 0 aliphatic heterocycles. The summed E-state index contributed by atoms with van der Waals surface area (Å²) in [5.74, 6) is 4.38. The highest BCUT2D eigenvalue weighted by Crippen LogP contribution is 2.38. The second-order valence-electron chi connectivity index (χ2n) is 5.20. The maximum absolute atomic E-state index is 4.61. The van der Waals surface area contributed by atoms with Crippen LogP contribution in [-0.2, 0) is 0 Å². The average molecular weight is 232 g/mol. The molecule has 1 heterocycles. The van der Waals surface area contributed by atoms with E-state index in [1.807, 2.05) is 13.1 Å². The van der Waals surface area contributed by atoms with E-state index in [1.54, 1.807) is 0 Å². The Labute approximate surface area is 102 Å². The Morgan fingerprint density at radius 2 is 1.94 bits per heavy atom. The predicted octanol–water partition coefficient (Wildman–Crippen LogP) is 2.61. The first-order chi connectivity index (χ1) is 8.35. The molecular formula is C13H20N4. The van der Waals surface area contributed by atoms with Crippen molar-refractivity contribution in [3.05, 3.63) is 11.9 Å². The molecule has 2 aliphatic carbocycles. The minimum atomic E-state index is 0.604. The van der Waals surface area contributed by atoms with E-state index in [9.17, 15) is 0 Å². The van der Waals surface area contributed by atoms with Gasteiger partial charge in [-0.1, -0.05) is 6.42 Å². The standard InChI is InChI=1S/C13H20N4/c1-14-11-7-12(15-8-9-3-2-4-9)17-13(16-11)10-5-6-10/h7,9-10H,2-6,8H2,1H3,(H2,14,15,16,17). The summed E-state index contributed by atoms with van der Waals surface area (Å²) in [6.45, 7) is 1.06. The summed E-state index contributed by atoms with van der Waals surface area (Å²) < 4.78 is 0. The Bertz CT molecular complexity index is 396. The van der Waals surface area contributed by atoms with E-state index in [0.29, 0.717) is 5.92 Å². The molecule has 0 atom stereocenters. The SMILES string of the molecule is CNc1cc(NCC2CCC2)nc(C2CC2)n1. The minimum Gasteiger partial charge on any atom is -0.373 e. The number of rotatable bonds is 5. The van der Waals surface area contributed by atoms with Gasteiger partial charge in [-0.2, -0.15) is 0 Å². The van der Waals surface area contributed by atoms with Gasteiger partial charge in [0.2, 0.25) is 0 Å². The number of aromatic nitrogens is 2. The largest absolute Gasteiger partial charge is 0.373 e. The Morgan fingerprint density at radius 3 is 2.53 bits per heavy atom. The first-order valence-electron chi connectivity index (χ1n) is 6.66. The van der Waals surface area contributed by atoms with Crippen molar-refractivity contribution in [1.82, 2.24) is 9.97 Å². The summed E-state index contributed by atoms with van der Waals surface area (Å²) in [4.78, 5) is 9.12. The highest BCUT2D eigenvalue weighted by molar-refractivity contribution is 5.47. The maximum Gasteiger partial charge on any atom is 0.136 e. The molecule has 2 aliphatic rings. The second kappa shape index (κ2) is 4.51. The van der Waals surface area contributed by atoms with Gasteiger partial charge in [0.1, 0.15) is 17.5 Å². The van der Waals surface area contributed by atoms with E-state index in [4.69, 9.17) is 0 Å². The van der Waals surface area contributed by atoms with Gasteiger partial charge in [-0.15, -0.1) is 0 Å². The van der Waals surface area contributed by atoms with Gasteiger partial charge in [0.25, 0.3) is 0 Å². The highest BCUT2D eigenvalue weighted by Gasteiger charge is 2.27. The smallest absolute Gasteiger partial charge is 0.136 e. The Hall–Kier alpha value is -1.32. The van der Waals surface area contributed by atoms with Crippen LogP contribution in [0.5, 0.6) is 0 Å². The molecule has 0 bridgehead atoms. The maximum atomic E-state index is 4.61. The summed E-state index contributed by atoms with van der Waals surface area (Å²) in [5, 5.41) is 6.57. The molecule has 17 heavy (non-hydrogen) atoms. The van der Waals surface area contributed by atoms with E-state index in [0.717, 1.165) is 29.9 Å². The van der Waals surface area contributed by atoms with Gasteiger partial charge in [-0.25, -0.2) is 9.97 Å². The lowest BCUT2D eigenvalue weighted by Crippen LogP contribution is -2.21. The summed E-state index contributed by atoms with van der Waals surface area (Å²) in [6, 6.07) is 2.00. The van der Waals surface area contributed by atoms with Crippen molar-refractivity contribution >= 4 is 11.6 Å². The molecule has 0 spiro atoms. The number of nitrogens with zero attached hydrogens (tertiary/aromatic N) is 2. The van der Waals surface area contributed by atoms with Crippen molar-refractivity contribution in [3.8, 4) is 0 Å². The van der Waals surface area contributed by atoms with Gasteiger partial charge in [-0.05, 0) is 31.6 Å². The van der Waals surface area contributed by atoms with Crippen LogP contribution in [0.15, 0.2) is 6.07 Å². The van der Waals surface area contributed by atoms with Crippen LogP contribution in [0, 0.1) is 5.92 Å². The van der Waals surface area contributed by atoms with Gasteiger partial charge in [0.15, 0.2) is 0 Å². The fourth-order valence-electron chi connectivity index (χ4n) is 2.15. The molecular weight excluding hydrogens is 212 g/mol. The van der Waals surface area contributed by atoms with E-state index in [2.05, 4.69) is 20.6 Å². The minimum absolute atomic E-state index is 0.604. The van der Waals surface area contributed by atoms with Crippen LogP contribution in [0.4, 0.5) is 11.6 Å². The molecule has 0 radical (unpaired) electrons. The molecule has 1 aromatic heterocycles. The first-order valence-corrected chi connectivity index (χ1v) is 6.66. The lowest BCUT2D eigenvalue weighted by Gasteiger charge is -2.25. The van der Waals surface area contributed by atoms with Gasteiger partial charge in [0.05, 0.1) is 0 Å². The van der Waals surface area contributed by atoms with E-state index in [-0.39, 0.29) is 0 Å². The Morgan fingerprint density at radius 1 is 1.18 bits per heavy atom. The van der Waals surface area contributed by atoms with Gasteiger partial charge in [0, 0.05) is 25.6 Å². The normalized spacial score (nSPS) is 19.8. The molecule has 0 amide bonds. The number of hydrogen-bond acceptors (Lipinski definition) is 4. The van der Waals surface area contributed by atoms with Gasteiger partial charge >= 0.3 is 0 Å². The van der Waals surface area contributed by atoms with Crippen molar-refractivity contribution in [3.63, 3.8) is 0 Å². The topological polar surface area (TPSA) is 49.8 Å². The van der Waals surface area contributed by atoms with E-state index >= 15 is 0 Å². The van der Waals surface area contributed by atoms with Crippen LogP contribution in [-0.4, -0.2) is 23.6 Å². The molecule has 2 N–H and O–H groups in total. The van der Waals surface area contributed by atoms with Crippen LogP contribution >= 0.6 is 0 Å². The third kappa shape index (κ3) is 2.51. The number of hydrogen-bond donors (Lipinski definition) is 2. The zero-order valence-corrected chi connectivity index (χ0v) is 10.4. The summed E-state index contributed by atoms with van der Waals surface area (Å²) >= 11 is 0. The van der Waals surface area contributed by atoms with E-state index in [1.165, 1.54) is 32.1 Å². The van der Waals surface area contributed by atoms with Crippen molar-refractivity contribution in [2.75, 3.05) is 24.2 Å². The van der Waals surface area contributed by atoms with Crippen LogP contribution in [0.25, 0.3) is 0 Å². The fourth-order valence-corrected chi connectivity index (χ4v) is 2.15. The van der Waals surface area contributed by atoms with Crippen LogP contribution in [0.2, 0.25) is 0 Å². The monoisotopic (exact) mass is 232 g/mol. The molecule has 2 saturated carbocycles. The van der Waals surface area contributed by atoms with Crippen molar-refractivity contribution in [2.24, 2.45) is 5.92 Å². The Kier molecular flexibility index (Phi) is 2.87. The molecule has 2 fully saturated rings. The zero-order chi connectivity index (χ0) is 11.7. The number of nitrogens with one attached hydrogen (secondary N) is 2. The molecule has 92 valence electrons. The van der Waals surface area contributed by atoms with Crippen molar-refractivity contribution < 1.29 is 0 Å². The van der Waals surface area contributed by atoms with Crippen molar-refractivity contribution in [1.29, 1.82) is 0 Å². The molecule has 0 aromatic carbocycles. The second-order valence-corrected chi connectivity index (χ2v) is 5.20. The van der Waals surface area contributed by atoms with E-state index < -0.39 is 0 Å². The summed E-state index contributed by atoms with van der Waals surface area (Å²) in [6.07, 6.45) is 6.62. The van der Waals surface area contributed by atoms with Crippen LogP contribution < -0.4 is 10.6 Å². The molecule has 4 nitrogen and oxygen atoms in total. The van der Waals surface area contributed by atoms with Crippen LogP contribution in [0.3, 0.4) is 0 Å². The molecule has 4 heteroatoms. The predicted molar refractivity (Wildman–Crippen MR) is 69.4 cm³/mol. The van der Waals surface area contributed by atoms with Gasteiger partial charge in [-0.3, -0.25) is 0 Å². The first kappa shape index (κ1) is 10.8. The third-order valence-electron chi connectivity index (χ3n) is 3.74. The zero-order valence-electron chi connectivity index (χ0n) is 10.4. The van der Waals surface area contributed by atoms with Crippen LogP contribution in [0.1, 0.15) is 43.8 Å². The molecule has 0 saturated heterocycles. The summed E-state index contributed by atoms with van der Waals surface area (Å²) in [7, 11) is 1.91. The molecule has 1 aromatic rings. The van der Waals surface area contributed by atoms with Crippen molar-refractivity contribution in [2.45, 2.75) is 38.0 Å². The molecule has 0 unspecified atom stereocenters. The lowest BCUT2D eigenvalue weighted by molar-refractivity contribution is 0.333. The summed E-state index contributed by atoms with van der Waals surface area (Å²) in [5.41, 5.74) is 0. The average Bonchev–Trinajstić information content (AvgIpc) is 3.10. The Balaban J connectivity index is 1.69. The third-order valence-corrected chi connectivity index (χ3v) is 3.74. The lowest BCUT2D eigenvalue weighted by atomic mass is 9.85. The number of anilines is 2. The molecule has 3 rings (SSSR count). The van der Waals surface area contributed by atoms with Gasteiger partial charge < -0.3 is 10.6 Å². The quantitative estimate of drug-likeness (QED) is 0.819. The fraction of sp³-hybridized carbons (Fsp3) is 0.692.